The van der Waals surface area contributed by atoms with Gasteiger partial charge >= 0.3 is 24.3 Å². The maximum absolute atomic E-state index is 11.8. The van der Waals surface area contributed by atoms with Crippen molar-refractivity contribution in [2.24, 2.45) is 0 Å². The molecule has 0 aromatic carbocycles. The second-order valence-corrected chi connectivity index (χ2v) is 4.28. The summed E-state index contributed by atoms with van der Waals surface area (Å²) in [5.41, 5.74) is 0. The van der Waals surface area contributed by atoms with E-state index in [4.69, 9.17) is 0 Å². The van der Waals surface area contributed by atoms with Crippen LogP contribution in [-0.4, -0.2) is 62.5 Å². The van der Waals surface area contributed by atoms with Crippen LogP contribution in [0, 0.1) is 0 Å². The third-order valence-electron chi connectivity index (χ3n) is 2.30. The number of rotatable bonds is 8. The Labute approximate surface area is 122 Å². The predicted octanol–water partition coefficient (Wildman–Crippen LogP) is 1.91. The second-order valence-electron chi connectivity index (χ2n) is 4.28. The Bertz CT molecular complexity index is 335. The number of nitrogens with zero attached hydrogens (tertiary/aromatic N) is 1. The number of hydrogen-bond acceptors (Lipinski definition) is 5. The van der Waals surface area contributed by atoms with Crippen LogP contribution in [-0.2, 0) is 19.1 Å². The minimum atomic E-state index is -5.03. The van der Waals surface area contributed by atoms with E-state index < -0.39 is 37.5 Å². The molecule has 0 saturated heterocycles. The standard InChI is InChI=1S/C11H15F6NO4/c1-18(4-2-6-21-8(19)10(12,13)14)5-3-7-22-9(20)11(15,16)17/h2-7H2,1H3. The van der Waals surface area contributed by atoms with Crippen LogP contribution in [0.5, 0.6) is 0 Å². The van der Waals surface area contributed by atoms with Crippen molar-refractivity contribution in [1.82, 2.24) is 4.90 Å². The summed E-state index contributed by atoms with van der Waals surface area (Å²) in [5, 5.41) is 0. The van der Waals surface area contributed by atoms with Crippen molar-refractivity contribution in [3.63, 3.8) is 0 Å². The first-order valence-corrected chi connectivity index (χ1v) is 6.11. The fourth-order valence-electron chi connectivity index (χ4n) is 1.27. The monoisotopic (exact) mass is 339 g/mol. The van der Waals surface area contributed by atoms with Crippen LogP contribution < -0.4 is 0 Å². The largest absolute Gasteiger partial charge is 0.490 e. The first-order chi connectivity index (χ1) is 9.94. The Balaban J connectivity index is 3.65. The molecule has 0 aromatic rings. The van der Waals surface area contributed by atoms with Crippen molar-refractivity contribution >= 4 is 11.9 Å². The van der Waals surface area contributed by atoms with Gasteiger partial charge in [-0.05, 0) is 19.9 Å². The van der Waals surface area contributed by atoms with E-state index in [-0.39, 0.29) is 25.9 Å². The van der Waals surface area contributed by atoms with Gasteiger partial charge in [0.1, 0.15) is 0 Å². The molecule has 0 aliphatic heterocycles. The molecule has 0 saturated carbocycles. The maximum Gasteiger partial charge on any atom is 0.490 e. The molecule has 0 spiro atoms. The van der Waals surface area contributed by atoms with E-state index in [1.807, 2.05) is 0 Å². The zero-order valence-corrected chi connectivity index (χ0v) is 11.6. The van der Waals surface area contributed by atoms with Gasteiger partial charge in [-0.25, -0.2) is 9.59 Å². The van der Waals surface area contributed by atoms with E-state index in [0.717, 1.165) is 0 Å². The summed E-state index contributed by atoms with van der Waals surface area (Å²) in [7, 11) is 1.57. The highest BCUT2D eigenvalue weighted by atomic mass is 19.4. The van der Waals surface area contributed by atoms with Gasteiger partial charge in [-0.3, -0.25) is 0 Å². The molecule has 0 aliphatic rings. The number of carbonyl (C=O) groups excluding carboxylic acids is 2. The van der Waals surface area contributed by atoms with Crippen LogP contribution in [0.4, 0.5) is 26.3 Å². The predicted molar refractivity (Wildman–Crippen MR) is 60.8 cm³/mol. The molecule has 22 heavy (non-hydrogen) atoms. The van der Waals surface area contributed by atoms with Crippen molar-refractivity contribution in [1.29, 1.82) is 0 Å². The second kappa shape index (κ2) is 8.81. The SMILES string of the molecule is CN(CCCOC(=O)C(F)(F)F)CCCOC(=O)C(F)(F)F. The molecule has 0 aliphatic carbocycles. The van der Waals surface area contributed by atoms with Gasteiger partial charge in [-0.2, -0.15) is 26.3 Å². The molecule has 0 amide bonds. The molecule has 0 radical (unpaired) electrons. The van der Waals surface area contributed by atoms with Crippen LogP contribution in [0.25, 0.3) is 0 Å². The van der Waals surface area contributed by atoms with Gasteiger partial charge in [0.25, 0.3) is 0 Å². The van der Waals surface area contributed by atoms with Crippen molar-refractivity contribution in [2.45, 2.75) is 25.2 Å². The third-order valence-corrected chi connectivity index (χ3v) is 2.30. The Kier molecular flexibility index (Phi) is 8.20. The molecule has 0 heterocycles. The fraction of sp³-hybridized carbons (Fsp3) is 0.818. The lowest BCUT2D eigenvalue weighted by Crippen LogP contribution is -2.28. The smallest absolute Gasteiger partial charge is 0.459 e. The molecule has 0 aromatic heterocycles. The Hall–Kier alpha value is -1.52. The first-order valence-electron chi connectivity index (χ1n) is 6.11. The number of halogens is 6. The van der Waals surface area contributed by atoms with Crippen LogP contribution in [0.2, 0.25) is 0 Å². The molecule has 0 atom stereocenters. The van der Waals surface area contributed by atoms with Gasteiger partial charge < -0.3 is 14.4 Å². The van der Waals surface area contributed by atoms with Crippen molar-refractivity contribution < 1.29 is 45.4 Å². The first kappa shape index (κ1) is 20.5. The average molecular weight is 339 g/mol. The maximum atomic E-state index is 11.8. The van der Waals surface area contributed by atoms with E-state index >= 15 is 0 Å². The molecular formula is C11H15F6NO4. The minimum absolute atomic E-state index is 0.126. The summed E-state index contributed by atoms with van der Waals surface area (Å²) >= 11 is 0. The summed E-state index contributed by atoms with van der Waals surface area (Å²) in [6.45, 7) is -0.325. The number of alkyl halides is 6. The summed E-state index contributed by atoms with van der Waals surface area (Å²) in [5.74, 6) is -4.54. The van der Waals surface area contributed by atoms with E-state index in [9.17, 15) is 35.9 Å². The Morgan fingerprint density at radius 1 is 0.818 bits per heavy atom. The molecular weight excluding hydrogens is 324 g/mol. The summed E-state index contributed by atoms with van der Waals surface area (Å²) in [6.07, 6.45) is -9.82. The normalized spacial score (nSPS) is 12.4. The molecule has 0 rings (SSSR count). The van der Waals surface area contributed by atoms with Crippen molar-refractivity contribution in [3.8, 4) is 0 Å². The van der Waals surface area contributed by atoms with Crippen LogP contribution in [0.1, 0.15) is 12.8 Å². The Morgan fingerprint density at radius 3 is 1.41 bits per heavy atom. The van der Waals surface area contributed by atoms with Gasteiger partial charge in [-0.1, -0.05) is 0 Å². The Morgan fingerprint density at radius 2 is 1.14 bits per heavy atom. The number of carbonyl (C=O) groups is 2. The molecule has 11 heteroatoms. The van der Waals surface area contributed by atoms with Crippen molar-refractivity contribution in [2.75, 3.05) is 33.4 Å². The summed E-state index contributed by atoms with van der Waals surface area (Å²) < 4.78 is 78.6. The number of esters is 2. The highest BCUT2D eigenvalue weighted by Crippen LogP contribution is 2.17. The average Bonchev–Trinajstić information content (AvgIpc) is 2.36. The quantitative estimate of drug-likeness (QED) is 0.384. The van der Waals surface area contributed by atoms with Gasteiger partial charge in [-0.15, -0.1) is 0 Å². The topological polar surface area (TPSA) is 55.8 Å². The third kappa shape index (κ3) is 9.42. The number of hydrogen-bond donors (Lipinski definition) is 0. The molecule has 130 valence electrons. The van der Waals surface area contributed by atoms with Gasteiger partial charge in [0.15, 0.2) is 0 Å². The minimum Gasteiger partial charge on any atom is -0.459 e. The van der Waals surface area contributed by atoms with E-state index in [0.29, 0.717) is 0 Å². The lowest BCUT2D eigenvalue weighted by atomic mass is 10.3. The molecule has 5 nitrogen and oxygen atoms in total. The lowest BCUT2D eigenvalue weighted by Gasteiger charge is -2.16. The van der Waals surface area contributed by atoms with Gasteiger partial charge in [0.2, 0.25) is 0 Å². The van der Waals surface area contributed by atoms with E-state index in [2.05, 4.69) is 9.47 Å². The number of ether oxygens (including phenoxy) is 2. The molecule has 0 bridgehead atoms. The fourth-order valence-corrected chi connectivity index (χ4v) is 1.27. The lowest BCUT2D eigenvalue weighted by molar-refractivity contribution is -0.199. The zero-order valence-electron chi connectivity index (χ0n) is 11.6. The summed E-state index contributed by atoms with van der Waals surface area (Å²) in [6, 6.07) is 0. The van der Waals surface area contributed by atoms with Gasteiger partial charge in [0, 0.05) is 13.1 Å². The van der Waals surface area contributed by atoms with E-state index in [1.54, 1.807) is 11.9 Å². The van der Waals surface area contributed by atoms with Crippen LogP contribution in [0.3, 0.4) is 0 Å². The summed E-state index contributed by atoms with van der Waals surface area (Å²) in [4.78, 5) is 22.3. The zero-order chi connectivity index (χ0) is 17.4. The highest BCUT2D eigenvalue weighted by molar-refractivity contribution is 5.75. The van der Waals surface area contributed by atoms with Gasteiger partial charge in [0.05, 0.1) is 13.2 Å². The van der Waals surface area contributed by atoms with E-state index in [1.165, 1.54) is 0 Å². The van der Waals surface area contributed by atoms with Crippen LogP contribution in [0.15, 0.2) is 0 Å². The van der Waals surface area contributed by atoms with Crippen LogP contribution >= 0.6 is 0 Å². The highest BCUT2D eigenvalue weighted by Gasteiger charge is 2.41. The molecule has 0 N–H and O–H groups in total. The molecule has 0 fully saturated rings. The molecule has 0 unspecified atom stereocenters. The van der Waals surface area contributed by atoms with Crippen molar-refractivity contribution in [3.05, 3.63) is 0 Å².